The lowest BCUT2D eigenvalue weighted by molar-refractivity contribution is 0.335. The Bertz CT molecular complexity index is 813. The number of rotatable bonds is 6. The van der Waals surface area contributed by atoms with Gasteiger partial charge in [-0.3, -0.25) is 0 Å². The minimum Gasteiger partial charge on any atom is -0.229 e. The van der Waals surface area contributed by atoms with Crippen LogP contribution in [0.3, 0.4) is 0 Å². The molecule has 1 saturated heterocycles. The van der Waals surface area contributed by atoms with Gasteiger partial charge in [-0.1, -0.05) is 19.4 Å². The molecule has 1 aromatic rings. The highest BCUT2D eigenvalue weighted by Gasteiger charge is 2.38. The van der Waals surface area contributed by atoms with Crippen LogP contribution in [0, 0.1) is 20.8 Å². The fourth-order valence-corrected chi connectivity index (χ4v) is 6.96. The molecule has 0 radical (unpaired) electrons. The van der Waals surface area contributed by atoms with Crippen LogP contribution in [0.25, 0.3) is 0 Å². The SMILES string of the molecule is CCCCN([C@H]1CCS(=O)(=O)C1)S(=O)(=O)c1cc(C)c(C)cc1C. The second-order valence-electron chi connectivity index (χ2n) is 6.73. The summed E-state index contributed by atoms with van der Waals surface area (Å²) < 4.78 is 51.6. The molecule has 1 aromatic carbocycles. The van der Waals surface area contributed by atoms with Crippen molar-refractivity contribution in [2.24, 2.45) is 0 Å². The highest BCUT2D eigenvalue weighted by atomic mass is 32.2. The molecule has 5 nitrogen and oxygen atoms in total. The number of sulfonamides is 1. The van der Waals surface area contributed by atoms with E-state index < -0.39 is 25.9 Å². The number of benzene rings is 1. The van der Waals surface area contributed by atoms with Gasteiger partial charge in [0.15, 0.2) is 9.84 Å². The van der Waals surface area contributed by atoms with Gasteiger partial charge in [0.05, 0.1) is 16.4 Å². The number of nitrogens with zero attached hydrogens (tertiary/aromatic N) is 1. The Kier molecular flexibility index (Phi) is 5.77. The van der Waals surface area contributed by atoms with E-state index in [1.54, 1.807) is 13.0 Å². The van der Waals surface area contributed by atoms with E-state index in [0.717, 1.165) is 24.0 Å². The van der Waals surface area contributed by atoms with E-state index in [1.807, 2.05) is 26.8 Å². The first-order chi connectivity index (χ1) is 11.1. The molecule has 0 aromatic heterocycles. The molecule has 136 valence electrons. The fourth-order valence-electron chi connectivity index (χ4n) is 3.15. The van der Waals surface area contributed by atoms with Crippen LogP contribution >= 0.6 is 0 Å². The van der Waals surface area contributed by atoms with Crippen LogP contribution in [0.1, 0.15) is 42.9 Å². The number of aryl methyl sites for hydroxylation is 3. The van der Waals surface area contributed by atoms with Crippen molar-refractivity contribution in [2.45, 2.75) is 57.9 Å². The molecule has 2 rings (SSSR count). The molecule has 1 aliphatic rings. The van der Waals surface area contributed by atoms with E-state index in [9.17, 15) is 16.8 Å². The number of hydrogen-bond donors (Lipinski definition) is 0. The summed E-state index contributed by atoms with van der Waals surface area (Å²) in [6, 6.07) is 3.14. The molecule has 0 bridgehead atoms. The average molecular weight is 374 g/mol. The predicted molar refractivity (Wildman–Crippen MR) is 96.5 cm³/mol. The zero-order valence-corrected chi connectivity index (χ0v) is 16.5. The second-order valence-corrected chi connectivity index (χ2v) is 10.8. The van der Waals surface area contributed by atoms with Crippen LogP contribution in [-0.4, -0.2) is 45.2 Å². The van der Waals surface area contributed by atoms with E-state index in [1.165, 1.54) is 4.31 Å². The van der Waals surface area contributed by atoms with E-state index in [-0.39, 0.29) is 11.5 Å². The van der Waals surface area contributed by atoms with Gasteiger partial charge in [-0.15, -0.1) is 0 Å². The molecule has 0 aliphatic carbocycles. The number of hydrogen-bond acceptors (Lipinski definition) is 4. The van der Waals surface area contributed by atoms with Crippen molar-refractivity contribution < 1.29 is 16.8 Å². The lowest BCUT2D eigenvalue weighted by Crippen LogP contribution is -2.42. The Morgan fingerprint density at radius 1 is 1.12 bits per heavy atom. The maximum atomic E-state index is 13.3. The quantitative estimate of drug-likeness (QED) is 0.768. The van der Waals surface area contributed by atoms with Gasteiger partial charge >= 0.3 is 0 Å². The molecule has 0 amide bonds. The standard InChI is InChI=1S/C17H27NO4S2/c1-5-6-8-18(16-7-9-23(19,20)12-16)24(21,22)17-11-14(3)13(2)10-15(17)4/h10-11,16H,5-9,12H2,1-4H3/t16-/m0/s1. The zero-order valence-electron chi connectivity index (χ0n) is 14.9. The molecule has 7 heteroatoms. The van der Waals surface area contributed by atoms with Gasteiger partial charge in [0.25, 0.3) is 0 Å². The summed E-state index contributed by atoms with van der Waals surface area (Å²) in [7, 11) is -6.85. The Morgan fingerprint density at radius 3 is 2.29 bits per heavy atom. The van der Waals surface area contributed by atoms with Crippen LogP contribution in [-0.2, 0) is 19.9 Å². The highest BCUT2D eigenvalue weighted by Crippen LogP contribution is 2.28. The van der Waals surface area contributed by atoms with Gasteiger partial charge in [-0.05, 0) is 56.4 Å². The van der Waals surface area contributed by atoms with E-state index in [4.69, 9.17) is 0 Å². The van der Waals surface area contributed by atoms with Crippen molar-refractivity contribution in [1.29, 1.82) is 0 Å². The molecule has 1 heterocycles. The summed E-state index contributed by atoms with van der Waals surface area (Å²) in [5.41, 5.74) is 2.68. The Balaban J connectivity index is 2.46. The van der Waals surface area contributed by atoms with Crippen molar-refractivity contribution in [1.82, 2.24) is 4.31 Å². The van der Waals surface area contributed by atoms with Crippen LogP contribution < -0.4 is 0 Å². The molecule has 0 spiro atoms. The van der Waals surface area contributed by atoms with Gasteiger partial charge < -0.3 is 0 Å². The van der Waals surface area contributed by atoms with Gasteiger partial charge in [0.1, 0.15) is 0 Å². The van der Waals surface area contributed by atoms with Crippen LogP contribution in [0.4, 0.5) is 0 Å². The summed E-state index contributed by atoms with van der Waals surface area (Å²) >= 11 is 0. The Hall–Kier alpha value is -0.920. The number of sulfone groups is 1. The fraction of sp³-hybridized carbons (Fsp3) is 0.647. The summed E-state index contributed by atoms with van der Waals surface area (Å²) in [6.07, 6.45) is 1.96. The molecule has 1 atom stereocenters. The lowest BCUT2D eigenvalue weighted by atomic mass is 10.1. The van der Waals surface area contributed by atoms with Crippen molar-refractivity contribution in [3.8, 4) is 0 Å². The molecule has 0 N–H and O–H groups in total. The number of unbranched alkanes of at least 4 members (excludes halogenated alkanes) is 1. The predicted octanol–water partition coefficient (Wildman–Crippen LogP) is 2.59. The monoisotopic (exact) mass is 373 g/mol. The van der Waals surface area contributed by atoms with E-state index >= 15 is 0 Å². The molecule has 0 unspecified atom stereocenters. The summed E-state index contributed by atoms with van der Waals surface area (Å²) in [5, 5.41) is 0. The summed E-state index contributed by atoms with van der Waals surface area (Å²) in [5.74, 6) is 0.00154. The molecule has 24 heavy (non-hydrogen) atoms. The maximum Gasteiger partial charge on any atom is 0.243 e. The minimum absolute atomic E-state index is 0.0696. The van der Waals surface area contributed by atoms with Gasteiger partial charge in [0.2, 0.25) is 10.0 Å². The second kappa shape index (κ2) is 7.14. The Labute approximate surface area is 146 Å². The average Bonchev–Trinajstić information content (AvgIpc) is 2.82. The third-order valence-corrected chi connectivity index (χ3v) is 8.57. The maximum absolute atomic E-state index is 13.3. The first-order valence-corrected chi connectivity index (χ1v) is 11.6. The van der Waals surface area contributed by atoms with E-state index in [2.05, 4.69) is 0 Å². The molecular weight excluding hydrogens is 346 g/mol. The third-order valence-electron chi connectivity index (χ3n) is 4.73. The third kappa shape index (κ3) is 4.00. The smallest absolute Gasteiger partial charge is 0.229 e. The lowest BCUT2D eigenvalue weighted by Gasteiger charge is -2.28. The highest BCUT2D eigenvalue weighted by molar-refractivity contribution is 7.92. The molecular formula is C17H27NO4S2. The first kappa shape index (κ1) is 19.4. The molecule has 1 aliphatic heterocycles. The first-order valence-electron chi connectivity index (χ1n) is 8.38. The molecule has 0 saturated carbocycles. The molecule has 1 fully saturated rings. The summed E-state index contributed by atoms with van der Waals surface area (Å²) in [4.78, 5) is 0.297. The van der Waals surface area contributed by atoms with Crippen molar-refractivity contribution in [3.63, 3.8) is 0 Å². The summed E-state index contributed by atoms with van der Waals surface area (Å²) in [6.45, 7) is 8.01. The van der Waals surface area contributed by atoms with Gasteiger partial charge in [0, 0.05) is 12.6 Å². The zero-order chi connectivity index (χ0) is 18.1. The topological polar surface area (TPSA) is 71.5 Å². The minimum atomic E-state index is -3.71. The van der Waals surface area contributed by atoms with Crippen LogP contribution in [0.15, 0.2) is 17.0 Å². The van der Waals surface area contributed by atoms with Crippen molar-refractivity contribution >= 4 is 19.9 Å². The van der Waals surface area contributed by atoms with Crippen LogP contribution in [0.2, 0.25) is 0 Å². The van der Waals surface area contributed by atoms with Gasteiger partial charge in [-0.25, -0.2) is 16.8 Å². The van der Waals surface area contributed by atoms with Crippen molar-refractivity contribution in [3.05, 3.63) is 28.8 Å². The normalized spacial score (nSPS) is 20.6. The van der Waals surface area contributed by atoms with Crippen LogP contribution in [0.5, 0.6) is 0 Å². The van der Waals surface area contributed by atoms with E-state index in [0.29, 0.717) is 23.4 Å². The largest absolute Gasteiger partial charge is 0.243 e. The van der Waals surface area contributed by atoms with Gasteiger partial charge in [-0.2, -0.15) is 4.31 Å². The van der Waals surface area contributed by atoms with Crippen molar-refractivity contribution in [2.75, 3.05) is 18.1 Å². The Morgan fingerprint density at radius 2 is 1.75 bits per heavy atom.